The Morgan fingerprint density at radius 1 is 1.36 bits per heavy atom. The fourth-order valence-corrected chi connectivity index (χ4v) is 1.19. The highest BCUT2D eigenvalue weighted by Crippen LogP contribution is 2.02. The molecule has 0 atom stereocenters. The van der Waals surface area contributed by atoms with Crippen molar-refractivity contribution in [2.24, 2.45) is 0 Å². The van der Waals surface area contributed by atoms with Gasteiger partial charge in [-0.2, -0.15) is 0 Å². The molecule has 0 N–H and O–H groups in total. The molecule has 1 rings (SSSR count). The van der Waals surface area contributed by atoms with Gasteiger partial charge in [-0.05, 0) is 15.9 Å². The fourth-order valence-electron chi connectivity index (χ4n) is 0.553. The molecule has 0 aliphatic heterocycles. The van der Waals surface area contributed by atoms with Crippen LogP contribution in [0.1, 0.15) is 5.69 Å². The average molecular weight is 237 g/mol. The van der Waals surface area contributed by atoms with Crippen LogP contribution in [-0.4, -0.2) is 18.4 Å². The van der Waals surface area contributed by atoms with Crippen LogP contribution in [0.5, 0.6) is 0 Å². The summed E-state index contributed by atoms with van der Waals surface area (Å²) < 4.78 is 21.0. The van der Waals surface area contributed by atoms with E-state index < -0.39 is 10.7 Å². The molecule has 0 amide bonds. The van der Waals surface area contributed by atoms with E-state index in [4.69, 9.17) is 0 Å². The second-order valence-corrected chi connectivity index (χ2v) is 3.62. The summed E-state index contributed by atoms with van der Waals surface area (Å²) in [5.74, 6) is -0.0460. The maximum absolute atomic E-state index is 10.2. The van der Waals surface area contributed by atoms with Gasteiger partial charge in [-0.15, -0.1) is 0 Å². The Morgan fingerprint density at radius 2 is 2.09 bits per heavy atom. The highest BCUT2D eigenvalue weighted by Gasteiger charge is 1.95. The highest BCUT2D eigenvalue weighted by molar-refractivity contribution is 9.10. The van der Waals surface area contributed by atoms with Crippen molar-refractivity contribution < 1.29 is 8.42 Å². The first-order valence-corrected chi connectivity index (χ1v) is 4.92. The molecular formula is C5H5BrN2O2S. The molecule has 0 aliphatic carbocycles. The molecule has 0 saturated carbocycles. The van der Waals surface area contributed by atoms with Gasteiger partial charge in [-0.1, -0.05) is 0 Å². The minimum atomic E-state index is -2.40. The highest BCUT2D eigenvalue weighted by atomic mass is 79.9. The summed E-state index contributed by atoms with van der Waals surface area (Å²) in [4.78, 5) is 7.64. The van der Waals surface area contributed by atoms with Gasteiger partial charge in [0.25, 0.3) is 0 Å². The van der Waals surface area contributed by atoms with Crippen molar-refractivity contribution in [3.8, 4) is 0 Å². The van der Waals surface area contributed by atoms with E-state index in [2.05, 4.69) is 25.9 Å². The lowest BCUT2D eigenvalue weighted by Crippen LogP contribution is -1.92. The van der Waals surface area contributed by atoms with Crippen molar-refractivity contribution in [2.45, 2.75) is 5.75 Å². The number of halogens is 1. The van der Waals surface area contributed by atoms with Crippen LogP contribution in [-0.2, 0) is 16.5 Å². The second-order valence-electron chi connectivity index (χ2n) is 1.82. The van der Waals surface area contributed by atoms with Crippen LogP contribution in [0.3, 0.4) is 0 Å². The topological polar surface area (TPSA) is 59.9 Å². The van der Waals surface area contributed by atoms with Crippen molar-refractivity contribution >= 4 is 26.6 Å². The molecule has 1 aromatic rings. The van der Waals surface area contributed by atoms with Gasteiger partial charge < -0.3 is 0 Å². The van der Waals surface area contributed by atoms with Crippen molar-refractivity contribution in [1.29, 1.82) is 0 Å². The monoisotopic (exact) mass is 236 g/mol. The zero-order valence-electron chi connectivity index (χ0n) is 5.40. The Labute approximate surface area is 73.8 Å². The van der Waals surface area contributed by atoms with Crippen LogP contribution in [0.4, 0.5) is 0 Å². The largest absolute Gasteiger partial charge is 0.256 e. The molecule has 1 aromatic heterocycles. The molecule has 6 heteroatoms. The van der Waals surface area contributed by atoms with Gasteiger partial charge in [0.05, 0.1) is 23.8 Å². The van der Waals surface area contributed by atoms with Crippen LogP contribution in [0.2, 0.25) is 0 Å². The molecule has 0 saturated heterocycles. The summed E-state index contributed by atoms with van der Waals surface area (Å²) in [6, 6.07) is 0. The number of nitrogens with zero attached hydrogens (tertiary/aromatic N) is 2. The zero-order chi connectivity index (χ0) is 8.27. The SMILES string of the molecule is O=[SH](=O)Cc1cnc(Br)cn1. The van der Waals surface area contributed by atoms with Crippen LogP contribution < -0.4 is 0 Å². The molecule has 0 spiro atoms. The van der Waals surface area contributed by atoms with Gasteiger partial charge in [-0.3, -0.25) is 4.98 Å². The van der Waals surface area contributed by atoms with Gasteiger partial charge in [0.15, 0.2) is 0 Å². The number of thiol groups is 1. The molecule has 1 heterocycles. The number of rotatable bonds is 2. The van der Waals surface area contributed by atoms with E-state index in [1.807, 2.05) is 0 Å². The van der Waals surface area contributed by atoms with Crippen LogP contribution in [0.25, 0.3) is 0 Å². The molecule has 11 heavy (non-hydrogen) atoms. The Balaban J connectivity index is 2.82. The van der Waals surface area contributed by atoms with Crippen molar-refractivity contribution in [3.63, 3.8) is 0 Å². The predicted molar refractivity (Wildman–Crippen MR) is 43.8 cm³/mol. The van der Waals surface area contributed by atoms with Crippen LogP contribution >= 0.6 is 15.9 Å². The summed E-state index contributed by atoms with van der Waals surface area (Å²) in [5.41, 5.74) is 0.462. The van der Waals surface area contributed by atoms with Gasteiger partial charge in [-0.25, -0.2) is 13.4 Å². The first-order valence-electron chi connectivity index (χ1n) is 2.76. The number of hydrogen-bond donors (Lipinski definition) is 1. The summed E-state index contributed by atoms with van der Waals surface area (Å²) in [6.07, 6.45) is 2.89. The van der Waals surface area contributed by atoms with Gasteiger partial charge in [0, 0.05) is 0 Å². The van der Waals surface area contributed by atoms with Crippen molar-refractivity contribution in [1.82, 2.24) is 9.97 Å². The third-order valence-corrected chi connectivity index (χ3v) is 1.96. The van der Waals surface area contributed by atoms with Crippen LogP contribution in [0, 0.1) is 0 Å². The Morgan fingerprint density at radius 3 is 2.55 bits per heavy atom. The average Bonchev–Trinajstić information content (AvgIpc) is 1.93. The number of aromatic nitrogens is 2. The lowest BCUT2D eigenvalue weighted by molar-refractivity contribution is 0.613. The first kappa shape index (κ1) is 8.61. The Kier molecular flexibility index (Phi) is 2.95. The lowest BCUT2D eigenvalue weighted by atomic mass is 10.5. The molecule has 0 aliphatic rings. The van der Waals surface area contributed by atoms with E-state index in [0.717, 1.165) is 0 Å². The first-order chi connectivity index (χ1) is 5.18. The zero-order valence-corrected chi connectivity index (χ0v) is 7.88. The van der Waals surface area contributed by atoms with Gasteiger partial charge >= 0.3 is 0 Å². The molecule has 0 bridgehead atoms. The summed E-state index contributed by atoms with van der Waals surface area (Å²) >= 11 is 3.09. The molecular weight excluding hydrogens is 232 g/mol. The maximum Gasteiger partial charge on any atom is 0.145 e. The summed E-state index contributed by atoms with van der Waals surface area (Å²) in [7, 11) is -2.40. The molecule has 0 aromatic carbocycles. The molecule has 0 radical (unpaired) electrons. The molecule has 60 valence electrons. The second kappa shape index (κ2) is 3.77. The Hall–Kier alpha value is -0.490. The standard InChI is InChI=1S/C5H5BrN2O2S/c6-5-2-7-4(1-8-5)3-11(9)10/h1-2,11H,3H2. The molecule has 0 fully saturated rings. The molecule has 0 unspecified atom stereocenters. The van der Waals surface area contributed by atoms with E-state index in [1.165, 1.54) is 12.4 Å². The van der Waals surface area contributed by atoms with Gasteiger partial charge in [0.1, 0.15) is 15.3 Å². The van der Waals surface area contributed by atoms with Crippen LogP contribution in [0.15, 0.2) is 17.0 Å². The minimum absolute atomic E-state index is 0.0460. The van der Waals surface area contributed by atoms with Crippen molar-refractivity contribution in [3.05, 3.63) is 22.7 Å². The fraction of sp³-hybridized carbons (Fsp3) is 0.200. The smallest absolute Gasteiger partial charge is 0.145 e. The van der Waals surface area contributed by atoms with E-state index in [9.17, 15) is 8.42 Å². The maximum atomic E-state index is 10.2. The van der Waals surface area contributed by atoms with Crippen molar-refractivity contribution in [2.75, 3.05) is 0 Å². The predicted octanol–water partition coefficient (Wildman–Crippen LogP) is 0.351. The van der Waals surface area contributed by atoms with E-state index >= 15 is 0 Å². The normalized spacial score (nSPS) is 10.4. The van der Waals surface area contributed by atoms with E-state index in [-0.39, 0.29) is 5.75 Å². The minimum Gasteiger partial charge on any atom is -0.256 e. The quantitative estimate of drug-likeness (QED) is 0.754. The summed E-state index contributed by atoms with van der Waals surface area (Å²) in [6.45, 7) is 0. The van der Waals surface area contributed by atoms with E-state index in [1.54, 1.807) is 0 Å². The third-order valence-electron chi connectivity index (χ3n) is 0.965. The van der Waals surface area contributed by atoms with Gasteiger partial charge in [0.2, 0.25) is 0 Å². The lowest BCUT2D eigenvalue weighted by Gasteiger charge is -1.91. The molecule has 4 nitrogen and oxygen atoms in total. The third kappa shape index (κ3) is 2.94. The van der Waals surface area contributed by atoms with E-state index in [0.29, 0.717) is 10.3 Å². The summed E-state index contributed by atoms with van der Waals surface area (Å²) in [5, 5.41) is 0. The Bertz CT molecular complexity index is 301. The number of hydrogen-bond acceptors (Lipinski definition) is 4.